The smallest absolute Gasteiger partial charge is 0.210 e. The molecule has 2 aromatic carbocycles. The lowest BCUT2D eigenvalue weighted by Crippen LogP contribution is -2.04. The minimum atomic E-state index is -0.396. The van der Waals surface area contributed by atoms with E-state index in [1.165, 1.54) is 23.1 Å². The van der Waals surface area contributed by atoms with E-state index in [0.717, 1.165) is 22.3 Å². The molecule has 150 valence electrons. The van der Waals surface area contributed by atoms with Gasteiger partial charge in [-0.25, -0.2) is 4.98 Å². The lowest BCUT2D eigenvalue weighted by atomic mass is 10.2. The number of aliphatic hydroxyl groups is 1. The first kappa shape index (κ1) is 19.9. The summed E-state index contributed by atoms with van der Waals surface area (Å²) < 4.78 is 0.686. The zero-order valence-corrected chi connectivity index (χ0v) is 17.9. The second-order valence-electron chi connectivity index (χ2n) is 6.60. The van der Waals surface area contributed by atoms with Gasteiger partial charge in [0.25, 0.3) is 0 Å². The van der Waals surface area contributed by atoms with Crippen molar-refractivity contribution in [2.45, 2.75) is 23.4 Å². The quantitative estimate of drug-likeness (QED) is 0.210. The van der Waals surface area contributed by atoms with Crippen LogP contribution in [-0.4, -0.2) is 30.5 Å². The molecule has 3 N–H and O–H groups in total. The molecule has 0 aliphatic heterocycles. The van der Waals surface area contributed by atoms with Crippen molar-refractivity contribution in [1.29, 1.82) is 5.26 Å². The van der Waals surface area contributed by atoms with E-state index >= 15 is 0 Å². The van der Waals surface area contributed by atoms with Crippen molar-refractivity contribution in [2.24, 2.45) is 0 Å². The van der Waals surface area contributed by atoms with Crippen molar-refractivity contribution in [2.75, 3.05) is 5.32 Å². The fraction of sp³-hybridized carbons (Fsp3) is 0.143. The Morgan fingerprint density at radius 2 is 2.07 bits per heavy atom. The highest BCUT2D eigenvalue weighted by atomic mass is 32.2. The molecule has 0 saturated carbocycles. The monoisotopic (exact) mass is 434 g/mol. The van der Waals surface area contributed by atoms with Gasteiger partial charge in [-0.3, -0.25) is 0 Å². The maximum Gasteiger partial charge on any atom is 0.210 e. The van der Waals surface area contributed by atoms with E-state index in [-0.39, 0.29) is 11.3 Å². The van der Waals surface area contributed by atoms with Crippen molar-refractivity contribution >= 4 is 50.5 Å². The highest BCUT2D eigenvalue weighted by Crippen LogP contribution is 2.34. The van der Waals surface area contributed by atoms with Gasteiger partial charge in [0.2, 0.25) is 5.13 Å². The summed E-state index contributed by atoms with van der Waals surface area (Å²) in [5.41, 5.74) is 3.76. The Morgan fingerprint density at radius 3 is 2.83 bits per heavy atom. The minimum absolute atomic E-state index is 0.0510. The Balaban J connectivity index is 1.51. The number of fused-ring (bicyclic) bond motifs is 1. The molecule has 9 heteroatoms. The number of benzene rings is 2. The average molecular weight is 435 g/mol. The van der Waals surface area contributed by atoms with Crippen LogP contribution in [0.15, 0.2) is 58.6 Å². The number of aromatic amines is 1. The first-order valence-electron chi connectivity index (χ1n) is 9.15. The Kier molecular flexibility index (Phi) is 5.70. The number of rotatable bonds is 6. The first-order valence-corrected chi connectivity index (χ1v) is 10.9. The summed E-state index contributed by atoms with van der Waals surface area (Å²) in [7, 11) is 0. The van der Waals surface area contributed by atoms with E-state index in [2.05, 4.69) is 31.6 Å². The van der Waals surface area contributed by atoms with Crippen LogP contribution in [-0.2, 0) is 0 Å². The second-order valence-corrected chi connectivity index (χ2v) is 9.17. The van der Waals surface area contributed by atoms with Crippen molar-refractivity contribution in [3.63, 3.8) is 0 Å². The van der Waals surface area contributed by atoms with Crippen LogP contribution in [0.4, 0.5) is 10.8 Å². The third-order valence-corrected chi connectivity index (χ3v) is 6.36. The molecule has 0 saturated heterocycles. The van der Waals surface area contributed by atoms with Crippen molar-refractivity contribution < 1.29 is 5.11 Å². The molecule has 0 aliphatic carbocycles. The summed E-state index contributed by atoms with van der Waals surface area (Å²) in [5, 5.41) is 32.2. The molecule has 30 heavy (non-hydrogen) atoms. The molecule has 0 fully saturated rings. The zero-order valence-electron chi connectivity index (χ0n) is 16.2. The number of anilines is 2. The summed E-state index contributed by atoms with van der Waals surface area (Å²) in [6, 6.07) is 17.5. The van der Waals surface area contributed by atoms with Gasteiger partial charge in [0, 0.05) is 5.69 Å². The summed E-state index contributed by atoms with van der Waals surface area (Å²) >= 11 is 2.72. The topological polar surface area (TPSA) is 111 Å². The maximum atomic E-state index is 10.7. The van der Waals surface area contributed by atoms with E-state index in [0.29, 0.717) is 15.3 Å². The summed E-state index contributed by atoms with van der Waals surface area (Å²) in [5.74, 6) is 0.299. The molecule has 4 rings (SSSR count). The number of nitrogens with one attached hydrogen (secondary N) is 2. The molecule has 0 aliphatic rings. The minimum Gasteiger partial charge on any atom is -0.510 e. The lowest BCUT2D eigenvalue weighted by molar-refractivity contribution is 0.402. The fourth-order valence-electron chi connectivity index (χ4n) is 2.87. The average Bonchev–Trinajstić information content (AvgIpc) is 3.35. The van der Waals surface area contributed by atoms with Gasteiger partial charge in [-0.15, -0.1) is 10.2 Å². The number of aryl methyl sites for hydroxylation is 1. The lowest BCUT2D eigenvalue weighted by Gasteiger charge is -2.09. The standard InChI is InChI=1S/C21H18N6OS2/c1-12-6-5-7-14(10-12)23-20-26-27-21(30-20)29-13(2)18(28)15(11-22)19-24-16-8-3-4-9-17(16)25-19/h3-10,13,28H,1-2H3,(H,23,26)(H,24,25)/b18-15-. The molecular weight excluding hydrogens is 416 g/mol. The van der Waals surface area contributed by atoms with Crippen LogP contribution >= 0.6 is 23.1 Å². The third-order valence-electron chi connectivity index (χ3n) is 4.33. The molecule has 7 nitrogen and oxygen atoms in total. The van der Waals surface area contributed by atoms with Crippen LogP contribution in [0, 0.1) is 18.3 Å². The van der Waals surface area contributed by atoms with E-state index in [4.69, 9.17) is 0 Å². The summed E-state index contributed by atoms with van der Waals surface area (Å²) in [6.07, 6.45) is 0. The molecule has 0 spiro atoms. The molecular formula is C21H18N6OS2. The second kappa shape index (κ2) is 8.57. The van der Waals surface area contributed by atoms with E-state index in [1.807, 2.05) is 62.4 Å². The highest BCUT2D eigenvalue weighted by molar-refractivity contribution is 8.01. The predicted octanol–water partition coefficient (Wildman–Crippen LogP) is 5.44. The Hall–Kier alpha value is -3.35. The first-order chi connectivity index (χ1) is 14.5. The van der Waals surface area contributed by atoms with Crippen LogP contribution in [0.1, 0.15) is 18.3 Å². The third kappa shape index (κ3) is 4.30. The van der Waals surface area contributed by atoms with Crippen LogP contribution in [0.5, 0.6) is 0 Å². The Morgan fingerprint density at radius 1 is 1.23 bits per heavy atom. The highest BCUT2D eigenvalue weighted by Gasteiger charge is 2.20. The van der Waals surface area contributed by atoms with Crippen LogP contribution in [0.2, 0.25) is 0 Å². The summed E-state index contributed by atoms with van der Waals surface area (Å²) in [4.78, 5) is 7.50. The van der Waals surface area contributed by atoms with Gasteiger partial charge < -0.3 is 15.4 Å². The SMILES string of the molecule is Cc1cccc(Nc2nnc(SC(C)/C(O)=C(\C#N)c3nc4ccccc4[nH]3)s2)c1. The predicted molar refractivity (Wildman–Crippen MR) is 121 cm³/mol. The number of H-pyrrole nitrogens is 1. The van der Waals surface area contributed by atoms with Gasteiger partial charge in [0.05, 0.1) is 16.3 Å². The number of nitriles is 1. The van der Waals surface area contributed by atoms with Crippen molar-refractivity contribution in [1.82, 2.24) is 20.2 Å². The molecule has 0 radical (unpaired) electrons. The molecule has 2 heterocycles. The number of imidazole rings is 1. The molecule has 2 aromatic heterocycles. The van der Waals surface area contributed by atoms with Gasteiger partial charge in [-0.05, 0) is 43.7 Å². The molecule has 1 unspecified atom stereocenters. The van der Waals surface area contributed by atoms with Gasteiger partial charge in [0.15, 0.2) is 10.2 Å². The Labute approximate surface area is 181 Å². The van der Waals surface area contributed by atoms with Gasteiger partial charge in [-0.2, -0.15) is 5.26 Å². The van der Waals surface area contributed by atoms with Crippen molar-refractivity contribution in [3.05, 3.63) is 65.7 Å². The molecule has 1 atom stereocenters. The number of allylic oxidation sites excluding steroid dienone is 1. The normalized spacial score (nSPS) is 13.0. The largest absolute Gasteiger partial charge is 0.510 e. The number of thioether (sulfide) groups is 1. The zero-order chi connectivity index (χ0) is 21.1. The van der Waals surface area contributed by atoms with Crippen LogP contribution in [0.3, 0.4) is 0 Å². The van der Waals surface area contributed by atoms with Gasteiger partial charge >= 0.3 is 0 Å². The number of hydrogen-bond acceptors (Lipinski definition) is 8. The summed E-state index contributed by atoms with van der Waals surface area (Å²) in [6.45, 7) is 3.84. The maximum absolute atomic E-state index is 10.7. The van der Waals surface area contributed by atoms with E-state index < -0.39 is 5.25 Å². The molecule has 0 bridgehead atoms. The number of aliphatic hydroxyl groups excluding tert-OH is 1. The Bertz CT molecular complexity index is 1240. The van der Waals surface area contributed by atoms with Gasteiger partial charge in [0.1, 0.15) is 17.4 Å². The number of aromatic nitrogens is 4. The number of nitrogens with zero attached hydrogens (tertiary/aromatic N) is 4. The van der Waals surface area contributed by atoms with Gasteiger partial charge in [-0.1, -0.05) is 47.4 Å². The van der Waals surface area contributed by atoms with E-state index in [9.17, 15) is 10.4 Å². The number of hydrogen-bond donors (Lipinski definition) is 3. The van der Waals surface area contributed by atoms with E-state index in [1.54, 1.807) is 0 Å². The molecule has 4 aromatic rings. The molecule has 0 amide bonds. The van der Waals surface area contributed by atoms with Crippen LogP contribution in [0.25, 0.3) is 16.6 Å². The number of para-hydroxylation sites is 2. The van der Waals surface area contributed by atoms with Crippen molar-refractivity contribution in [3.8, 4) is 6.07 Å². The van der Waals surface area contributed by atoms with Crippen LogP contribution < -0.4 is 5.32 Å². The fourth-order valence-corrected chi connectivity index (χ4v) is 4.85.